The van der Waals surface area contributed by atoms with Crippen LogP contribution in [0.4, 0.5) is 0 Å². The Morgan fingerprint density at radius 1 is 1.56 bits per heavy atom. The van der Waals surface area contributed by atoms with E-state index in [1.165, 1.54) is 7.11 Å². The Morgan fingerprint density at radius 3 is 1.89 bits per heavy atom. The van der Waals surface area contributed by atoms with E-state index >= 15 is 0 Å². The molecule has 0 aliphatic carbocycles. The maximum Gasteiger partial charge on any atom is 0.332 e. The second kappa shape index (κ2) is 7.94. The maximum absolute atomic E-state index is 10.2. The summed E-state index contributed by atoms with van der Waals surface area (Å²) < 4.78 is 4.27. The summed E-state index contributed by atoms with van der Waals surface area (Å²) in [6.45, 7) is 4.95. The normalized spacial score (nSPS) is 6.67. The first-order valence-corrected chi connectivity index (χ1v) is 4.46. The van der Waals surface area contributed by atoms with Gasteiger partial charge < -0.3 is 4.74 Å². The van der Waals surface area contributed by atoms with Gasteiger partial charge in [-0.15, -0.1) is 0 Å². The number of hydrogen-bond acceptors (Lipinski definition) is 2. The molecule has 54 valence electrons. The van der Waals surface area contributed by atoms with Crippen LogP contribution in [0.2, 0.25) is 0 Å². The number of alkyl halides is 1. The number of carbonyl (C=O) groups excluding carboxylic acids is 1. The third kappa shape index (κ3) is 7.94. The van der Waals surface area contributed by atoms with Gasteiger partial charge in [0, 0.05) is 5.57 Å². The number of ether oxygens (including phenoxy) is 1. The summed E-state index contributed by atoms with van der Waals surface area (Å²) in [6, 6.07) is 0. The van der Waals surface area contributed by atoms with E-state index in [0.29, 0.717) is 5.57 Å². The number of methoxy groups -OCH3 is 1. The molecule has 0 amide bonds. The van der Waals surface area contributed by atoms with Crippen molar-refractivity contribution in [2.75, 3.05) is 12.0 Å². The standard InChI is InChI=1S/C5H8O2.CH3I/c1-4(2)5(6)7-3;1-2/h1H2,2-3H3;1H3. The van der Waals surface area contributed by atoms with Crippen molar-refractivity contribution in [3.05, 3.63) is 12.2 Å². The van der Waals surface area contributed by atoms with E-state index in [2.05, 4.69) is 33.9 Å². The molecule has 0 heterocycles. The Kier molecular flexibility index (Phi) is 10.3. The van der Waals surface area contributed by atoms with Crippen LogP contribution in [0.5, 0.6) is 0 Å². The molecule has 0 unspecified atom stereocenters. The highest BCUT2D eigenvalue weighted by Gasteiger charge is 1.95. The minimum absolute atomic E-state index is 0.347. The van der Waals surface area contributed by atoms with Crippen molar-refractivity contribution in [1.29, 1.82) is 0 Å². The summed E-state index contributed by atoms with van der Waals surface area (Å²) in [5.41, 5.74) is 0.433. The van der Waals surface area contributed by atoms with Crippen LogP contribution in [0, 0.1) is 0 Å². The smallest absolute Gasteiger partial charge is 0.332 e. The molecule has 0 saturated heterocycles. The predicted molar refractivity (Wildman–Crippen MR) is 46.8 cm³/mol. The molecule has 3 heteroatoms. The van der Waals surface area contributed by atoms with Gasteiger partial charge in [-0.2, -0.15) is 0 Å². The lowest BCUT2D eigenvalue weighted by atomic mass is 10.4. The molecule has 0 atom stereocenters. The van der Waals surface area contributed by atoms with E-state index in [1.54, 1.807) is 6.92 Å². The van der Waals surface area contributed by atoms with E-state index in [-0.39, 0.29) is 5.97 Å². The van der Waals surface area contributed by atoms with Gasteiger partial charge in [-0.1, -0.05) is 29.2 Å². The van der Waals surface area contributed by atoms with Crippen molar-refractivity contribution in [3.8, 4) is 0 Å². The van der Waals surface area contributed by atoms with Gasteiger partial charge in [0.25, 0.3) is 0 Å². The molecule has 0 N–H and O–H groups in total. The molecule has 0 rings (SSSR count). The lowest BCUT2D eigenvalue weighted by Crippen LogP contribution is -1.98. The van der Waals surface area contributed by atoms with Crippen molar-refractivity contribution in [1.82, 2.24) is 0 Å². The van der Waals surface area contributed by atoms with E-state index in [4.69, 9.17) is 0 Å². The minimum Gasteiger partial charge on any atom is -0.466 e. The monoisotopic (exact) mass is 242 g/mol. The van der Waals surface area contributed by atoms with E-state index in [9.17, 15) is 4.79 Å². The Hall–Kier alpha value is -0.0600. The van der Waals surface area contributed by atoms with Crippen LogP contribution in [0.3, 0.4) is 0 Å². The topological polar surface area (TPSA) is 26.3 Å². The third-order valence-electron chi connectivity index (χ3n) is 0.534. The first-order valence-electron chi connectivity index (χ1n) is 2.30. The summed E-state index contributed by atoms with van der Waals surface area (Å²) in [6.07, 6.45) is 0. The largest absolute Gasteiger partial charge is 0.466 e. The second-order valence-corrected chi connectivity index (χ2v) is 1.27. The van der Waals surface area contributed by atoms with Crippen molar-refractivity contribution < 1.29 is 9.53 Å². The fourth-order valence-electron chi connectivity index (χ4n) is 0.174. The van der Waals surface area contributed by atoms with Gasteiger partial charge in [-0.3, -0.25) is 0 Å². The summed E-state index contributed by atoms with van der Waals surface area (Å²) in [5.74, 6) is -0.347. The average Bonchev–Trinajstić information content (AvgIpc) is 1.91. The molecule has 0 radical (unpaired) electrons. The van der Waals surface area contributed by atoms with Gasteiger partial charge in [0.05, 0.1) is 7.11 Å². The van der Waals surface area contributed by atoms with Gasteiger partial charge in [0.1, 0.15) is 0 Å². The minimum atomic E-state index is -0.347. The molecular weight excluding hydrogens is 231 g/mol. The lowest BCUT2D eigenvalue weighted by molar-refractivity contribution is -0.136. The first-order chi connectivity index (χ1) is 4.18. The molecule has 0 aromatic heterocycles. The molecule has 9 heavy (non-hydrogen) atoms. The molecule has 0 spiro atoms. The van der Waals surface area contributed by atoms with Crippen LogP contribution < -0.4 is 0 Å². The fourth-order valence-corrected chi connectivity index (χ4v) is 0.174. The van der Waals surface area contributed by atoms with Gasteiger partial charge >= 0.3 is 5.97 Å². The maximum atomic E-state index is 10.2. The first kappa shape index (κ1) is 11.7. The van der Waals surface area contributed by atoms with Crippen LogP contribution in [-0.2, 0) is 9.53 Å². The number of halogens is 1. The van der Waals surface area contributed by atoms with E-state index < -0.39 is 0 Å². The Bertz CT molecular complexity index is 99.2. The summed E-state index contributed by atoms with van der Waals surface area (Å²) in [4.78, 5) is 12.2. The van der Waals surface area contributed by atoms with Crippen LogP contribution >= 0.6 is 22.6 Å². The summed E-state index contributed by atoms with van der Waals surface area (Å²) >= 11 is 2.15. The molecule has 2 nitrogen and oxygen atoms in total. The van der Waals surface area contributed by atoms with Gasteiger partial charge in [0.2, 0.25) is 0 Å². The molecule has 0 fully saturated rings. The Labute approximate surface area is 69.4 Å². The van der Waals surface area contributed by atoms with E-state index in [1.807, 2.05) is 4.93 Å². The highest BCUT2D eigenvalue weighted by molar-refractivity contribution is 14.1. The lowest BCUT2D eigenvalue weighted by Gasteiger charge is -1.91. The zero-order chi connectivity index (χ0) is 7.86. The van der Waals surface area contributed by atoms with Gasteiger partial charge in [0.15, 0.2) is 0 Å². The number of rotatable bonds is 1. The van der Waals surface area contributed by atoms with Crippen molar-refractivity contribution in [2.45, 2.75) is 6.92 Å². The number of carbonyl (C=O) groups is 1. The molecule has 0 aromatic rings. The van der Waals surface area contributed by atoms with Crippen LogP contribution in [-0.4, -0.2) is 18.0 Å². The molecule has 0 aromatic carbocycles. The quantitative estimate of drug-likeness (QED) is 0.303. The predicted octanol–water partition coefficient (Wildman–Crippen LogP) is 1.79. The van der Waals surface area contributed by atoms with Crippen molar-refractivity contribution in [3.63, 3.8) is 0 Å². The van der Waals surface area contributed by atoms with Crippen molar-refractivity contribution >= 4 is 28.6 Å². The summed E-state index contributed by atoms with van der Waals surface area (Å²) in [7, 11) is 1.33. The van der Waals surface area contributed by atoms with Gasteiger partial charge in [-0.25, -0.2) is 4.79 Å². The van der Waals surface area contributed by atoms with Crippen LogP contribution in [0.25, 0.3) is 0 Å². The molecular formula is C6H11IO2. The fraction of sp³-hybridized carbons (Fsp3) is 0.500. The zero-order valence-electron chi connectivity index (χ0n) is 5.90. The van der Waals surface area contributed by atoms with Crippen LogP contribution in [0.15, 0.2) is 12.2 Å². The molecule has 0 bridgehead atoms. The molecule has 0 aliphatic rings. The molecule has 0 aliphatic heterocycles. The SMILES string of the molecule is C=C(C)C(=O)OC.CI. The highest BCUT2D eigenvalue weighted by atomic mass is 127. The average molecular weight is 242 g/mol. The third-order valence-corrected chi connectivity index (χ3v) is 0.534. The number of hydrogen-bond donors (Lipinski definition) is 0. The van der Waals surface area contributed by atoms with Crippen LogP contribution in [0.1, 0.15) is 6.92 Å². The van der Waals surface area contributed by atoms with Crippen molar-refractivity contribution in [2.24, 2.45) is 0 Å². The van der Waals surface area contributed by atoms with E-state index in [0.717, 1.165) is 0 Å². The Morgan fingerprint density at radius 2 is 1.89 bits per heavy atom. The second-order valence-electron chi connectivity index (χ2n) is 1.27. The number of esters is 1. The Balaban J connectivity index is 0. The zero-order valence-corrected chi connectivity index (χ0v) is 8.06. The molecule has 0 saturated carbocycles. The highest BCUT2D eigenvalue weighted by Crippen LogP contribution is 1.87. The summed E-state index contributed by atoms with van der Waals surface area (Å²) in [5, 5.41) is 0. The van der Waals surface area contributed by atoms with Gasteiger partial charge in [-0.05, 0) is 11.9 Å².